The van der Waals surface area contributed by atoms with Gasteiger partial charge in [0, 0.05) is 7.05 Å². The van der Waals surface area contributed by atoms with Gasteiger partial charge in [-0.1, -0.05) is 59.7 Å². The van der Waals surface area contributed by atoms with Crippen molar-refractivity contribution in [2.24, 2.45) is 0 Å². The molecule has 0 heterocycles. The van der Waals surface area contributed by atoms with E-state index in [4.69, 9.17) is 9.47 Å². The maximum atomic E-state index is 12.2. The molecule has 0 saturated heterocycles. The van der Waals surface area contributed by atoms with Crippen molar-refractivity contribution in [3.8, 4) is 0 Å². The molecule has 1 aromatic rings. The fourth-order valence-corrected chi connectivity index (χ4v) is 2.50. The zero-order valence-corrected chi connectivity index (χ0v) is 17.9. The maximum Gasteiger partial charge on any atom is 0.406 e. The highest BCUT2D eigenvalue weighted by molar-refractivity contribution is 5.72. The van der Waals surface area contributed by atoms with Crippen LogP contribution in [0.25, 0.3) is 0 Å². The van der Waals surface area contributed by atoms with E-state index in [0.29, 0.717) is 26.1 Å². The molecule has 0 aliphatic heterocycles. The van der Waals surface area contributed by atoms with Crippen LogP contribution in [-0.4, -0.2) is 32.3 Å². The van der Waals surface area contributed by atoms with E-state index in [9.17, 15) is 9.59 Å². The number of alkyl carbamates (subject to hydrolysis) is 1. The van der Waals surface area contributed by atoms with Gasteiger partial charge < -0.3 is 14.8 Å². The Balaban J connectivity index is 2.62. The lowest BCUT2D eigenvalue weighted by molar-refractivity contribution is -0.143. The van der Waals surface area contributed by atoms with Crippen LogP contribution in [0.5, 0.6) is 0 Å². The lowest BCUT2D eigenvalue weighted by Gasteiger charge is -2.26. The molecule has 0 aromatic heterocycles. The van der Waals surface area contributed by atoms with E-state index in [1.807, 2.05) is 0 Å². The molecule has 1 amide bonds. The Hall–Kier alpha value is -2.04. The Labute approximate surface area is 163 Å². The number of carbonyl (C=O) groups excluding carboxylic acids is 2. The highest BCUT2D eigenvalue weighted by atomic mass is 16.5. The summed E-state index contributed by atoms with van der Waals surface area (Å²) < 4.78 is 10.2. The molecule has 0 aliphatic rings. The molecule has 0 saturated carbocycles. The third-order valence-corrected chi connectivity index (χ3v) is 4.31. The molecule has 0 aliphatic carbocycles. The third kappa shape index (κ3) is 8.46. The van der Waals surface area contributed by atoms with Crippen LogP contribution in [-0.2, 0) is 31.5 Å². The molecule has 0 unspecified atom stereocenters. The summed E-state index contributed by atoms with van der Waals surface area (Å²) in [6.07, 6.45) is 1.15. The van der Waals surface area contributed by atoms with Crippen molar-refractivity contribution in [2.75, 3.05) is 20.3 Å². The number of amides is 1. The minimum Gasteiger partial charge on any atom is -0.465 e. The van der Waals surface area contributed by atoms with Crippen LogP contribution in [0.2, 0.25) is 0 Å². The van der Waals surface area contributed by atoms with Gasteiger partial charge in [-0.25, -0.2) is 4.79 Å². The van der Waals surface area contributed by atoms with Gasteiger partial charge in [-0.2, -0.15) is 0 Å². The SMILES string of the molecule is CNC(=O)OCCCCOC(=O)Cc1cc(C(C)(C)C)cc(C(C)(C)C)c1. The summed E-state index contributed by atoms with van der Waals surface area (Å²) >= 11 is 0. The average Bonchev–Trinajstić information content (AvgIpc) is 2.55. The standard InChI is InChI=1S/C22H35NO4/c1-21(2,3)17-12-16(13-18(15-17)22(4,5)6)14-19(24)26-10-8-9-11-27-20(25)23-7/h12-13,15H,8-11,14H2,1-7H3,(H,23,25). The Morgan fingerprint density at radius 2 is 1.33 bits per heavy atom. The van der Waals surface area contributed by atoms with Crippen LogP contribution in [0.1, 0.15) is 71.1 Å². The normalized spacial score (nSPS) is 11.8. The first-order valence-corrected chi connectivity index (χ1v) is 9.58. The predicted octanol–water partition coefficient (Wildman–Crippen LogP) is 4.50. The van der Waals surface area contributed by atoms with Gasteiger partial charge in [-0.15, -0.1) is 0 Å². The van der Waals surface area contributed by atoms with Crippen LogP contribution in [0, 0.1) is 0 Å². The summed E-state index contributed by atoms with van der Waals surface area (Å²) in [5.41, 5.74) is 3.48. The molecule has 0 fully saturated rings. The first kappa shape index (κ1) is 23.0. The van der Waals surface area contributed by atoms with Crippen molar-refractivity contribution < 1.29 is 19.1 Å². The van der Waals surface area contributed by atoms with Crippen LogP contribution in [0.3, 0.4) is 0 Å². The fraction of sp³-hybridized carbons (Fsp3) is 0.636. The zero-order valence-electron chi connectivity index (χ0n) is 17.9. The Bertz CT molecular complexity index is 606. The molecule has 5 heteroatoms. The molecule has 27 heavy (non-hydrogen) atoms. The lowest BCUT2D eigenvalue weighted by Crippen LogP contribution is -2.20. The number of rotatable bonds is 7. The van der Waals surface area contributed by atoms with E-state index in [1.54, 1.807) is 0 Å². The Morgan fingerprint density at radius 1 is 0.852 bits per heavy atom. The number of nitrogens with one attached hydrogen (secondary N) is 1. The number of hydrogen-bond donors (Lipinski definition) is 1. The van der Waals surface area contributed by atoms with Crippen molar-refractivity contribution >= 4 is 12.1 Å². The van der Waals surface area contributed by atoms with Crippen molar-refractivity contribution in [1.29, 1.82) is 0 Å². The van der Waals surface area contributed by atoms with Gasteiger partial charge >= 0.3 is 12.1 Å². The summed E-state index contributed by atoms with van der Waals surface area (Å²) in [6, 6.07) is 6.45. The summed E-state index contributed by atoms with van der Waals surface area (Å²) in [4.78, 5) is 23.1. The van der Waals surface area contributed by atoms with E-state index in [-0.39, 0.29) is 23.2 Å². The van der Waals surface area contributed by atoms with E-state index in [2.05, 4.69) is 65.1 Å². The quantitative estimate of drug-likeness (QED) is 0.561. The summed E-state index contributed by atoms with van der Waals surface area (Å²) in [5.74, 6) is -0.229. The third-order valence-electron chi connectivity index (χ3n) is 4.31. The van der Waals surface area contributed by atoms with Crippen molar-refractivity contribution in [1.82, 2.24) is 5.32 Å². The number of hydrogen-bond acceptors (Lipinski definition) is 4. The highest BCUT2D eigenvalue weighted by Crippen LogP contribution is 2.30. The minimum absolute atomic E-state index is 0.0185. The van der Waals surface area contributed by atoms with Crippen molar-refractivity contribution in [3.63, 3.8) is 0 Å². The van der Waals surface area contributed by atoms with Gasteiger partial charge in [0.15, 0.2) is 0 Å². The summed E-state index contributed by atoms with van der Waals surface area (Å²) in [7, 11) is 1.52. The van der Waals surface area contributed by atoms with Crippen LogP contribution in [0.15, 0.2) is 18.2 Å². The fourth-order valence-electron chi connectivity index (χ4n) is 2.50. The molecule has 0 radical (unpaired) electrons. The molecular formula is C22H35NO4. The minimum atomic E-state index is -0.444. The molecule has 0 bridgehead atoms. The van der Waals surface area contributed by atoms with Crippen molar-refractivity contribution in [2.45, 2.75) is 71.6 Å². The molecule has 5 nitrogen and oxygen atoms in total. The van der Waals surface area contributed by atoms with Gasteiger partial charge in [0.2, 0.25) is 0 Å². The number of esters is 1. The average molecular weight is 378 g/mol. The molecule has 1 N–H and O–H groups in total. The zero-order chi connectivity index (χ0) is 20.7. The van der Waals surface area contributed by atoms with Crippen molar-refractivity contribution in [3.05, 3.63) is 34.9 Å². The highest BCUT2D eigenvalue weighted by Gasteiger charge is 2.21. The second-order valence-corrected chi connectivity index (χ2v) is 8.91. The molecule has 1 aromatic carbocycles. The molecule has 0 atom stereocenters. The maximum absolute atomic E-state index is 12.2. The van der Waals surface area contributed by atoms with E-state index < -0.39 is 6.09 Å². The number of carbonyl (C=O) groups is 2. The number of unbranched alkanes of at least 4 members (excludes halogenated alkanes) is 1. The number of ether oxygens (including phenoxy) is 2. The first-order valence-electron chi connectivity index (χ1n) is 9.58. The predicted molar refractivity (Wildman–Crippen MR) is 108 cm³/mol. The summed E-state index contributed by atoms with van der Waals surface area (Å²) in [6.45, 7) is 13.7. The van der Waals surface area contributed by atoms with Gasteiger partial charge in [0.25, 0.3) is 0 Å². The van der Waals surface area contributed by atoms with Crippen LogP contribution >= 0.6 is 0 Å². The summed E-state index contributed by atoms with van der Waals surface area (Å²) in [5, 5.41) is 2.38. The molecule has 152 valence electrons. The second-order valence-electron chi connectivity index (χ2n) is 8.91. The van der Waals surface area contributed by atoms with E-state index in [0.717, 1.165) is 5.56 Å². The second kappa shape index (κ2) is 9.77. The topological polar surface area (TPSA) is 64.6 Å². The molecular weight excluding hydrogens is 342 g/mol. The Morgan fingerprint density at radius 3 is 1.78 bits per heavy atom. The van der Waals surface area contributed by atoms with Crippen LogP contribution < -0.4 is 5.32 Å². The number of benzene rings is 1. The van der Waals surface area contributed by atoms with Gasteiger partial charge in [-0.3, -0.25) is 4.79 Å². The Kier molecular flexibility index (Phi) is 8.32. The first-order chi connectivity index (χ1) is 12.4. The van der Waals surface area contributed by atoms with E-state index >= 15 is 0 Å². The van der Waals surface area contributed by atoms with Gasteiger partial charge in [0.1, 0.15) is 0 Å². The van der Waals surface area contributed by atoms with E-state index in [1.165, 1.54) is 18.2 Å². The van der Waals surface area contributed by atoms with Gasteiger partial charge in [0.05, 0.1) is 19.6 Å². The largest absolute Gasteiger partial charge is 0.465 e. The monoisotopic (exact) mass is 377 g/mol. The molecule has 1 rings (SSSR count). The molecule has 0 spiro atoms. The lowest BCUT2D eigenvalue weighted by atomic mass is 9.79. The smallest absolute Gasteiger partial charge is 0.406 e. The van der Waals surface area contributed by atoms with Gasteiger partial charge in [-0.05, 0) is 40.4 Å². The van der Waals surface area contributed by atoms with Crippen LogP contribution in [0.4, 0.5) is 4.79 Å².